The van der Waals surface area contributed by atoms with Gasteiger partial charge < -0.3 is 25.7 Å². The zero-order valence-corrected chi connectivity index (χ0v) is 21.2. The number of aliphatic hydroxyl groups excluding tert-OH is 1. The van der Waals surface area contributed by atoms with E-state index in [0.29, 0.717) is 27.3 Å². The van der Waals surface area contributed by atoms with Crippen LogP contribution in [0.15, 0.2) is 21.7 Å². The van der Waals surface area contributed by atoms with Crippen LogP contribution in [0.5, 0.6) is 17.2 Å². The molecule has 0 saturated heterocycles. The number of hydrogen-bond donors (Lipinski definition) is 5. The zero-order valence-electron chi connectivity index (χ0n) is 20.4. The predicted molar refractivity (Wildman–Crippen MR) is 141 cm³/mol. The van der Waals surface area contributed by atoms with Crippen molar-refractivity contribution in [1.29, 1.82) is 0 Å². The van der Waals surface area contributed by atoms with Gasteiger partial charge in [0.1, 0.15) is 23.0 Å². The van der Waals surface area contributed by atoms with Crippen molar-refractivity contribution < 1.29 is 20.4 Å². The van der Waals surface area contributed by atoms with Crippen molar-refractivity contribution in [3.05, 3.63) is 54.5 Å². The minimum Gasteiger partial charge on any atom is -0.511 e. The lowest BCUT2D eigenvalue weighted by Gasteiger charge is -2.32. The van der Waals surface area contributed by atoms with Gasteiger partial charge >= 0.3 is 0 Å². The molecular formula is C27H28ClNO6. The molecule has 35 heavy (non-hydrogen) atoms. The van der Waals surface area contributed by atoms with E-state index in [9.17, 15) is 30.0 Å². The van der Waals surface area contributed by atoms with Crippen molar-refractivity contribution in [2.75, 3.05) is 0 Å². The molecular weight excluding hydrogens is 470 g/mol. The fourth-order valence-electron chi connectivity index (χ4n) is 5.33. The fourth-order valence-corrected chi connectivity index (χ4v) is 5.33. The summed E-state index contributed by atoms with van der Waals surface area (Å²) in [6.07, 6.45) is 0. The summed E-state index contributed by atoms with van der Waals surface area (Å²) in [7, 11) is 0. The third-order valence-electron chi connectivity index (χ3n) is 7.09. The first-order valence-electron chi connectivity index (χ1n) is 11.2. The van der Waals surface area contributed by atoms with E-state index >= 15 is 0 Å². The minimum absolute atomic E-state index is 0. The number of aliphatic hydroxyl groups is 1. The Morgan fingerprint density at radius 3 is 2.09 bits per heavy atom. The maximum Gasteiger partial charge on any atom is 0.198 e. The third-order valence-corrected chi connectivity index (χ3v) is 7.09. The Hall–Kier alpha value is -3.29. The second kappa shape index (κ2) is 7.35. The summed E-state index contributed by atoms with van der Waals surface area (Å²) in [6.45, 7) is 10.9. The minimum atomic E-state index is -1.08. The average molecular weight is 498 g/mol. The number of nitrogens with one attached hydrogen (secondary N) is 1. The van der Waals surface area contributed by atoms with Gasteiger partial charge in [0.15, 0.2) is 10.9 Å². The quantitative estimate of drug-likeness (QED) is 0.211. The molecule has 7 nitrogen and oxygen atoms in total. The van der Waals surface area contributed by atoms with E-state index in [1.807, 2.05) is 20.8 Å². The first-order chi connectivity index (χ1) is 15.7. The number of hydrogen-bond acceptors (Lipinski definition) is 7. The molecule has 1 aliphatic rings. The van der Waals surface area contributed by atoms with Crippen LogP contribution in [0.4, 0.5) is 0 Å². The standard InChI is InChI=1S/C27H27NO6.ClH/c1-10-7-13(29)17-18-15(10)14(30)8-12-16(18)19-20(24(17)33)22(31)11(9-28-26(2,3)4)23(32)21(19)25(34)27(12,5)6;/h7-8,28,30-31,33-34H,9H2,1-6H3;1H. The number of aryl methyl sites for hydroxylation is 1. The Labute approximate surface area is 207 Å². The molecule has 5 N–H and O–H groups in total. The molecule has 1 aliphatic carbocycles. The van der Waals surface area contributed by atoms with Gasteiger partial charge in [0.2, 0.25) is 0 Å². The summed E-state index contributed by atoms with van der Waals surface area (Å²) < 4.78 is 0. The largest absolute Gasteiger partial charge is 0.511 e. The van der Waals surface area contributed by atoms with Crippen molar-refractivity contribution in [3.8, 4) is 17.2 Å². The number of halogens is 1. The molecule has 0 heterocycles. The average Bonchev–Trinajstić information content (AvgIpc) is 2.70. The molecule has 0 aromatic heterocycles. The van der Waals surface area contributed by atoms with E-state index in [4.69, 9.17) is 0 Å². The second-order valence-electron chi connectivity index (χ2n) is 10.8. The molecule has 8 heteroatoms. The molecule has 0 saturated carbocycles. The normalized spacial score (nSPS) is 14.9. The molecule has 0 bridgehead atoms. The van der Waals surface area contributed by atoms with Gasteiger partial charge in [-0.05, 0) is 70.2 Å². The topological polar surface area (TPSA) is 127 Å². The Morgan fingerprint density at radius 2 is 1.49 bits per heavy atom. The molecule has 4 aromatic rings. The van der Waals surface area contributed by atoms with Crippen LogP contribution in [0.1, 0.15) is 51.3 Å². The van der Waals surface area contributed by atoms with Gasteiger partial charge in [-0.1, -0.05) is 0 Å². The molecule has 5 rings (SSSR count). The summed E-state index contributed by atoms with van der Waals surface area (Å²) in [6, 6.07) is 2.87. The molecule has 0 amide bonds. The highest BCUT2D eigenvalue weighted by atomic mass is 35.5. The van der Waals surface area contributed by atoms with E-state index in [2.05, 4.69) is 5.32 Å². The van der Waals surface area contributed by atoms with Gasteiger partial charge in [0.25, 0.3) is 0 Å². The summed E-state index contributed by atoms with van der Waals surface area (Å²) >= 11 is 0. The summed E-state index contributed by atoms with van der Waals surface area (Å²) in [5, 5.41) is 49.3. The van der Waals surface area contributed by atoms with E-state index in [1.54, 1.807) is 20.8 Å². The Balaban J connectivity index is 0.00000289. The molecule has 0 spiro atoms. The SMILES string of the molecule is Cc1cc(=O)c2c(O)c3c(O)c(CNC(C)(C)C)c(=O)c4c3c3c(cc(O)c1c23)C(C)(C)C=4O.Cl. The van der Waals surface area contributed by atoms with Crippen molar-refractivity contribution in [2.45, 2.75) is 59.0 Å². The van der Waals surface area contributed by atoms with E-state index < -0.39 is 27.8 Å². The lowest BCUT2D eigenvalue weighted by molar-refractivity contribution is 0.408. The zero-order chi connectivity index (χ0) is 25.1. The van der Waals surface area contributed by atoms with Gasteiger partial charge in [-0.2, -0.15) is 0 Å². The number of phenolic OH excluding ortho intramolecular Hbond substituents is 3. The van der Waals surface area contributed by atoms with Crippen LogP contribution in [0.2, 0.25) is 0 Å². The van der Waals surface area contributed by atoms with Gasteiger partial charge in [-0.25, -0.2) is 0 Å². The van der Waals surface area contributed by atoms with Crippen molar-refractivity contribution in [1.82, 2.24) is 5.32 Å². The Bertz CT molecular complexity index is 1750. The van der Waals surface area contributed by atoms with Crippen molar-refractivity contribution in [3.63, 3.8) is 0 Å². The van der Waals surface area contributed by atoms with Crippen LogP contribution in [-0.2, 0) is 12.0 Å². The first kappa shape index (κ1) is 24.8. The Morgan fingerprint density at radius 1 is 0.857 bits per heavy atom. The number of aromatic hydroxyl groups is 3. The van der Waals surface area contributed by atoms with Crippen LogP contribution in [-0.4, -0.2) is 26.0 Å². The smallest absolute Gasteiger partial charge is 0.198 e. The number of phenols is 3. The van der Waals surface area contributed by atoms with Gasteiger partial charge in [0.05, 0.1) is 21.6 Å². The van der Waals surface area contributed by atoms with E-state index in [-0.39, 0.29) is 62.9 Å². The van der Waals surface area contributed by atoms with Crippen LogP contribution in [0, 0.1) is 6.92 Å². The third kappa shape index (κ3) is 3.08. The van der Waals surface area contributed by atoms with Crippen molar-refractivity contribution in [2.24, 2.45) is 0 Å². The van der Waals surface area contributed by atoms with Crippen LogP contribution in [0.25, 0.3) is 38.1 Å². The maximum absolute atomic E-state index is 13.7. The fraction of sp³-hybridized carbons (Fsp3) is 0.333. The highest BCUT2D eigenvalue weighted by Gasteiger charge is 2.38. The van der Waals surface area contributed by atoms with Crippen molar-refractivity contribution >= 4 is 50.5 Å². The van der Waals surface area contributed by atoms with E-state index in [0.717, 1.165) is 0 Å². The second-order valence-corrected chi connectivity index (χ2v) is 10.8. The molecule has 184 valence electrons. The lowest BCUT2D eigenvalue weighted by Crippen LogP contribution is -2.42. The van der Waals surface area contributed by atoms with E-state index in [1.165, 1.54) is 12.1 Å². The molecule has 0 atom stereocenters. The predicted octanol–water partition coefficient (Wildman–Crippen LogP) is 3.72. The molecule has 0 fully saturated rings. The summed E-state index contributed by atoms with van der Waals surface area (Å²) in [5.41, 5.74) is -1.42. The van der Waals surface area contributed by atoms with Gasteiger partial charge in [-0.3, -0.25) is 9.59 Å². The lowest BCUT2D eigenvalue weighted by atomic mass is 9.72. The number of benzene rings is 4. The summed E-state index contributed by atoms with van der Waals surface area (Å²) in [5.74, 6) is -1.21. The maximum atomic E-state index is 13.7. The molecule has 0 unspecified atom stereocenters. The number of rotatable bonds is 2. The van der Waals surface area contributed by atoms with Gasteiger partial charge in [0, 0.05) is 33.7 Å². The molecule has 0 aliphatic heterocycles. The summed E-state index contributed by atoms with van der Waals surface area (Å²) in [4.78, 5) is 26.8. The van der Waals surface area contributed by atoms with Gasteiger partial charge in [-0.15, -0.1) is 12.4 Å². The highest BCUT2D eigenvalue weighted by Crippen LogP contribution is 2.51. The monoisotopic (exact) mass is 497 g/mol. The van der Waals surface area contributed by atoms with Crippen LogP contribution in [0.3, 0.4) is 0 Å². The van der Waals surface area contributed by atoms with Crippen LogP contribution >= 0.6 is 12.4 Å². The van der Waals surface area contributed by atoms with Crippen LogP contribution < -0.4 is 21.4 Å². The highest BCUT2D eigenvalue weighted by molar-refractivity contribution is 6.29. The molecule has 0 radical (unpaired) electrons. The first-order valence-corrected chi connectivity index (χ1v) is 11.2. The Kier molecular flexibility index (Phi) is 5.22. The molecule has 4 aromatic carbocycles.